The number of allylic oxidation sites excluding steroid dienone is 1. The summed E-state index contributed by atoms with van der Waals surface area (Å²) in [4.78, 5) is 39.3. The minimum absolute atomic E-state index is 0.359. The van der Waals surface area contributed by atoms with Crippen molar-refractivity contribution in [2.75, 3.05) is 26.4 Å². The lowest BCUT2D eigenvalue weighted by Crippen LogP contribution is -2.40. The first kappa shape index (κ1) is 63.4. The molecule has 0 aromatic heterocycles. The highest BCUT2D eigenvalue weighted by atomic mass is 16.6. The van der Waals surface area contributed by atoms with Gasteiger partial charge >= 0.3 is 17.9 Å². The summed E-state index contributed by atoms with van der Waals surface area (Å²) in [5, 5.41) is 0. The molecule has 0 aliphatic heterocycles. The van der Waals surface area contributed by atoms with Gasteiger partial charge in [0.2, 0.25) is 0 Å². The predicted molar refractivity (Wildman–Crippen MR) is 328 cm³/mol. The highest BCUT2D eigenvalue weighted by Gasteiger charge is 2.42. The van der Waals surface area contributed by atoms with Gasteiger partial charge < -0.3 is 28.4 Å². The topological polar surface area (TPSA) is 107 Å². The van der Waals surface area contributed by atoms with Crippen LogP contribution in [0.25, 0.3) is 0 Å². The zero-order valence-corrected chi connectivity index (χ0v) is 50.0. The molecule has 0 atom stereocenters. The molecule has 3 aromatic carbocycles. The zero-order chi connectivity index (χ0) is 57.8. The summed E-state index contributed by atoms with van der Waals surface area (Å²) in [5.74, 6) is 19.3. The highest BCUT2D eigenvalue weighted by molar-refractivity contribution is 5.90. The van der Waals surface area contributed by atoms with Crippen LogP contribution in [0.4, 0.5) is 0 Å². The van der Waals surface area contributed by atoms with Crippen molar-refractivity contribution in [3.63, 3.8) is 0 Å². The summed E-state index contributed by atoms with van der Waals surface area (Å²) in [6.07, 6.45) is 32.9. The van der Waals surface area contributed by atoms with E-state index >= 15 is 0 Å². The van der Waals surface area contributed by atoms with Crippen LogP contribution >= 0.6 is 0 Å². The second-order valence-electron chi connectivity index (χ2n) is 24.1. The van der Waals surface area contributed by atoms with Gasteiger partial charge in [0.1, 0.15) is 17.3 Å². The van der Waals surface area contributed by atoms with E-state index in [4.69, 9.17) is 28.4 Å². The number of ether oxygens (including phenoxy) is 6. The molecule has 4 aliphatic carbocycles. The molecule has 7 rings (SSSR count). The van der Waals surface area contributed by atoms with Crippen molar-refractivity contribution in [2.45, 2.75) is 205 Å². The van der Waals surface area contributed by atoms with Gasteiger partial charge in [-0.05, 0) is 255 Å². The Morgan fingerprint density at radius 1 is 0.476 bits per heavy atom. The van der Waals surface area contributed by atoms with Crippen LogP contribution in [0.15, 0.2) is 110 Å². The molecule has 0 N–H and O–H groups in total. The van der Waals surface area contributed by atoms with Crippen LogP contribution in [0.1, 0.15) is 225 Å². The average molecular weight is 1120 g/mol. The summed E-state index contributed by atoms with van der Waals surface area (Å²) in [7, 11) is 0. The Kier molecular flexibility index (Phi) is 26.1. The fourth-order valence-corrected chi connectivity index (χ4v) is 13.2. The van der Waals surface area contributed by atoms with Gasteiger partial charge in [0.15, 0.2) is 11.2 Å². The minimum atomic E-state index is -0.902. The number of hydrogen-bond donors (Lipinski definition) is 0. The van der Waals surface area contributed by atoms with E-state index in [0.717, 1.165) is 118 Å². The van der Waals surface area contributed by atoms with Gasteiger partial charge in [-0.1, -0.05) is 96.8 Å². The number of hydrogen-bond acceptors (Lipinski definition) is 9. The van der Waals surface area contributed by atoms with E-state index < -0.39 is 17.2 Å². The van der Waals surface area contributed by atoms with Gasteiger partial charge in [-0.2, -0.15) is 0 Å². The molecule has 82 heavy (non-hydrogen) atoms. The summed E-state index contributed by atoms with van der Waals surface area (Å²) >= 11 is 0. The quantitative estimate of drug-likeness (QED) is 0.0128. The molecule has 4 fully saturated rings. The largest absolute Gasteiger partial charge is 0.494 e. The lowest BCUT2D eigenvalue weighted by molar-refractivity contribution is -0.137. The Labute approximate surface area is 493 Å². The molecule has 0 saturated heterocycles. The fraction of sp³-hybridized carbons (Fsp3) is 0.575. The Hall–Kier alpha value is -6.19. The molecule has 4 saturated carbocycles. The molecule has 3 aromatic rings. The third-order valence-corrected chi connectivity index (χ3v) is 18.2. The summed E-state index contributed by atoms with van der Waals surface area (Å²) in [6, 6.07) is 22.5. The molecule has 0 amide bonds. The van der Waals surface area contributed by atoms with Crippen LogP contribution < -0.4 is 9.47 Å². The van der Waals surface area contributed by atoms with Crippen molar-refractivity contribution in [2.24, 2.45) is 35.5 Å². The van der Waals surface area contributed by atoms with Crippen molar-refractivity contribution >= 4 is 17.9 Å². The minimum Gasteiger partial charge on any atom is -0.494 e. The molecular weight excluding hydrogens is 1020 g/mol. The van der Waals surface area contributed by atoms with E-state index in [1.54, 1.807) is 30.3 Å². The molecule has 0 heterocycles. The van der Waals surface area contributed by atoms with Gasteiger partial charge in [-0.3, -0.25) is 0 Å². The van der Waals surface area contributed by atoms with E-state index in [2.05, 4.69) is 57.3 Å². The van der Waals surface area contributed by atoms with Crippen LogP contribution in [0, 0.1) is 59.2 Å². The lowest BCUT2D eigenvalue weighted by atomic mass is 9.67. The van der Waals surface area contributed by atoms with Crippen LogP contribution in [0.3, 0.4) is 0 Å². The average Bonchev–Trinajstić information content (AvgIpc) is 3.67. The fourth-order valence-electron chi connectivity index (χ4n) is 13.2. The van der Waals surface area contributed by atoms with Crippen molar-refractivity contribution in [3.05, 3.63) is 133 Å². The number of unbranched alkanes of at least 4 members (excludes halogenated alkanes) is 6. The van der Waals surface area contributed by atoms with Crippen LogP contribution in [0.2, 0.25) is 0 Å². The maximum atomic E-state index is 14.0. The van der Waals surface area contributed by atoms with Gasteiger partial charge in [0.05, 0.1) is 37.6 Å². The Bertz CT molecular complexity index is 2400. The van der Waals surface area contributed by atoms with E-state index in [1.807, 2.05) is 48.5 Å². The second kappa shape index (κ2) is 33.8. The molecule has 0 unspecified atom stereocenters. The van der Waals surface area contributed by atoms with E-state index in [0.29, 0.717) is 86.6 Å². The van der Waals surface area contributed by atoms with Crippen molar-refractivity contribution in [3.8, 4) is 35.2 Å². The van der Waals surface area contributed by atoms with Gasteiger partial charge in [0.25, 0.3) is 0 Å². The third kappa shape index (κ3) is 20.6. The first-order valence-corrected chi connectivity index (χ1v) is 31.8. The standard InChI is InChI=1S/C73H96O9/c1-6-18-57-24-28-61(29-25-57)63-42-48-72(49-43-63,81-70(75)65-32-36-67(37-33-65)78-53-15-11-10-14-52-77-56(5)8-3)46-40-59-20-22-60(23-21-59)41-47-73(50-44-64(45-51-73)62-30-26-58(19-7-2)27-31-62)82-71(76)66-34-38-68(39-35-66)79-54-16-12-13-17-55-80-69(74)9-4/h8-9,20-23,32-39,57-58,61-64H,3-7,10-19,24-31,42-45,48-55H2,1-2H3. The Morgan fingerprint density at radius 3 is 1.21 bits per heavy atom. The summed E-state index contributed by atoms with van der Waals surface area (Å²) in [6.45, 7) is 17.7. The maximum Gasteiger partial charge on any atom is 0.339 e. The van der Waals surface area contributed by atoms with E-state index in [-0.39, 0.29) is 11.9 Å². The Balaban J connectivity index is 0.992. The zero-order valence-electron chi connectivity index (χ0n) is 50.0. The molecular formula is C73H96O9. The van der Waals surface area contributed by atoms with Crippen LogP contribution in [0.5, 0.6) is 11.5 Å². The molecule has 4 aliphatic rings. The van der Waals surface area contributed by atoms with Gasteiger partial charge in [0, 0.05) is 17.2 Å². The van der Waals surface area contributed by atoms with Gasteiger partial charge in [-0.15, -0.1) is 0 Å². The Morgan fingerprint density at radius 2 is 0.841 bits per heavy atom. The monoisotopic (exact) mass is 1120 g/mol. The lowest BCUT2D eigenvalue weighted by Gasteiger charge is -2.41. The summed E-state index contributed by atoms with van der Waals surface area (Å²) in [5.41, 5.74) is 0.829. The highest BCUT2D eigenvalue weighted by Crippen LogP contribution is 2.46. The maximum absolute atomic E-state index is 14.0. The summed E-state index contributed by atoms with van der Waals surface area (Å²) < 4.78 is 35.6. The van der Waals surface area contributed by atoms with Crippen LogP contribution in [-0.2, 0) is 23.7 Å². The number of benzene rings is 3. The van der Waals surface area contributed by atoms with Gasteiger partial charge in [-0.25, -0.2) is 14.4 Å². The first-order valence-electron chi connectivity index (χ1n) is 31.8. The number of rotatable bonds is 29. The molecule has 0 radical (unpaired) electrons. The third-order valence-electron chi connectivity index (χ3n) is 18.2. The second-order valence-corrected chi connectivity index (χ2v) is 24.1. The van der Waals surface area contributed by atoms with E-state index in [9.17, 15) is 14.4 Å². The van der Waals surface area contributed by atoms with Crippen molar-refractivity contribution in [1.29, 1.82) is 0 Å². The normalized spacial score (nSPS) is 24.2. The predicted octanol–water partition coefficient (Wildman–Crippen LogP) is 17.5. The molecule has 0 bridgehead atoms. The molecule has 0 spiro atoms. The van der Waals surface area contributed by atoms with Crippen molar-refractivity contribution in [1.82, 2.24) is 0 Å². The smallest absolute Gasteiger partial charge is 0.339 e. The van der Waals surface area contributed by atoms with E-state index in [1.165, 1.54) is 83.1 Å². The molecule has 442 valence electrons. The number of carbonyl (C=O) groups is 3. The first-order chi connectivity index (χ1) is 40.0. The van der Waals surface area contributed by atoms with Crippen LogP contribution in [-0.4, -0.2) is 55.5 Å². The number of carbonyl (C=O) groups excluding carboxylic acids is 3. The SMILES string of the molecule is C=CC(=C)OCCCCCCOc1ccc(C(=O)OC2(C#Cc3ccc(C#CC4(OC(=O)c5ccc(OCCCCCCOC(=O)C=C)cc5)CCC(C5CCC(CCC)CC5)CC4)cc3)CCC(C3CCC(CCC)CC3)CC2)cc1. The number of esters is 3. The molecule has 9 nitrogen and oxygen atoms in total. The van der Waals surface area contributed by atoms with Crippen molar-refractivity contribution < 1.29 is 42.8 Å². The molecule has 9 heteroatoms.